The van der Waals surface area contributed by atoms with Crippen LogP contribution in [0.2, 0.25) is 15.1 Å². The number of fused-ring (bicyclic) bond motifs is 1. The molecule has 0 spiro atoms. The summed E-state index contributed by atoms with van der Waals surface area (Å²) in [4.78, 5) is 8.30. The van der Waals surface area contributed by atoms with E-state index < -0.39 is 28.7 Å². The van der Waals surface area contributed by atoms with Crippen LogP contribution >= 0.6 is 34.8 Å². The van der Waals surface area contributed by atoms with E-state index in [2.05, 4.69) is 4.98 Å². The zero-order valence-electron chi connectivity index (χ0n) is 10.2. The molecule has 0 amide bonds. The fourth-order valence-corrected chi connectivity index (χ4v) is 2.52. The second-order valence-corrected chi connectivity index (χ2v) is 6.47. The molecule has 2 aromatic rings. The average molecular weight is 382 g/mol. The normalized spacial score (nSPS) is 13.7. The number of rotatable bonds is 3. The Kier molecular flexibility index (Phi) is 4.63. The lowest BCUT2D eigenvalue weighted by Gasteiger charge is -2.12. The number of aromatic nitrogens is 2. The van der Waals surface area contributed by atoms with Gasteiger partial charge in [0.2, 0.25) is 0 Å². The highest BCUT2D eigenvalue weighted by atomic mass is 35.5. The van der Waals surface area contributed by atoms with Crippen LogP contribution in [-0.2, 0) is 17.0 Å². The van der Waals surface area contributed by atoms with Crippen molar-refractivity contribution in [2.24, 2.45) is 0 Å². The van der Waals surface area contributed by atoms with E-state index in [4.69, 9.17) is 39.6 Å². The zero-order chi connectivity index (χ0) is 15.9. The van der Waals surface area contributed by atoms with Gasteiger partial charge in [0.1, 0.15) is 11.0 Å². The van der Waals surface area contributed by atoms with Gasteiger partial charge >= 0.3 is 6.18 Å². The summed E-state index contributed by atoms with van der Waals surface area (Å²) in [7, 11) is -1.49. The second kappa shape index (κ2) is 5.83. The quantitative estimate of drug-likeness (QED) is 0.760. The van der Waals surface area contributed by atoms with Crippen LogP contribution in [0.5, 0.6) is 0 Å². The number of halogens is 6. The van der Waals surface area contributed by atoms with Gasteiger partial charge in [0, 0.05) is 6.26 Å². The lowest BCUT2D eigenvalue weighted by atomic mass is 10.3. The Hall–Kier alpha value is -0.700. The van der Waals surface area contributed by atoms with Crippen LogP contribution in [-0.4, -0.2) is 26.1 Å². The molecule has 11 heteroatoms. The molecule has 0 aliphatic rings. The molecule has 1 heterocycles. The number of benzene rings is 1. The van der Waals surface area contributed by atoms with Crippen molar-refractivity contribution in [2.45, 2.75) is 6.18 Å². The molecule has 1 aromatic carbocycles. The molecule has 1 atom stereocenters. The first-order chi connectivity index (χ1) is 9.62. The Morgan fingerprint density at radius 2 is 1.95 bits per heavy atom. The predicted octanol–water partition coefficient (Wildman–Crippen LogP) is 3.78. The van der Waals surface area contributed by atoms with E-state index >= 15 is 0 Å². The molecule has 0 saturated heterocycles. The first-order valence-corrected chi connectivity index (χ1v) is 8.05. The van der Waals surface area contributed by atoms with E-state index in [1.54, 1.807) is 0 Å². The summed E-state index contributed by atoms with van der Waals surface area (Å²) in [5.41, 5.74) is -0.438. The third-order valence-electron chi connectivity index (χ3n) is 2.34. The number of hydrogen-bond acceptors (Lipinski definition) is 3. The van der Waals surface area contributed by atoms with Crippen LogP contribution in [0.4, 0.5) is 13.2 Å². The van der Waals surface area contributed by atoms with Crippen molar-refractivity contribution in [1.82, 2.24) is 9.71 Å². The first-order valence-electron chi connectivity index (χ1n) is 5.19. The maximum absolute atomic E-state index is 13.0. The summed E-state index contributed by atoms with van der Waals surface area (Å²) in [6.07, 6.45) is -3.54. The number of nitrogens with zero attached hydrogens (tertiary/aromatic N) is 2. The summed E-state index contributed by atoms with van der Waals surface area (Å²) >= 11 is 17.5. The van der Waals surface area contributed by atoms with Crippen LogP contribution < -0.4 is 4.84 Å². The molecule has 0 fully saturated rings. The van der Waals surface area contributed by atoms with Gasteiger partial charge in [-0.15, -0.1) is 0 Å². The third-order valence-corrected chi connectivity index (χ3v) is 3.84. The summed E-state index contributed by atoms with van der Waals surface area (Å²) in [6.45, 7) is 0. The van der Waals surface area contributed by atoms with E-state index in [1.807, 2.05) is 0 Å². The minimum Gasteiger partial charge on any atom is -0.398 e. The lowest BCUT2D eigenvalue weighted by molar-refractivity contribution is -0.154. The van der Waals surface area contributed by atoms with Gasteiger partial charge in [-0.25, -0.2) is 4.98 Å². The molecule has 1 unspecified atom stereocenters. The smallest absolute Gasteiger partial charge is 0.398 e. The predicted molar refractivity (Wildman–Crippen MR) is 75.3 cm³/mol. The minimum absolute atomic E-state index is 0.0507. The van der Waals surface area contributed by atoms with Crippen LogP contribution in [0.1, 0.15) is 5.82 Å². The maximum Gasteiger partial charge on any atom is 0.453 e. The molecule has 0 bridgehead atoms. The number of hydrogen-bond donors (Lipinski definition) is 0. The maximum atomic E-state index is 13.0. The molecule has 1 aromatic heterocycles. The molecule has 4 nitrogen and oxygen atoms in total. The SMILES string of the molecule is CS(=O)COn1c(C(F)(F)F)nc2c(Cl)cc(Cl)c(Cl)c21. The van der Waals surface area contributed by atoms with Gasteiger partial charge in [-0.1, -0.05) is 34.8 Å². The third kappa shape index (κ3) is 3.23. The Labute approximate surface area is 134 Å². The number of imidazole rings is 1. The first kappa shape index (κ1) is 16.7. The van der Waals surface area contributed by atoms with Crippen molar-refractivity contribution in [3.8, 4) is 0 Å². The molecule has 0 aliphatic heterocycles. The van der Waals surface area contributed by atoms with Gasteiger partial charge < -0.3 is 4.84 Å². The van der Waals surface area contributed by atoms with Crippen molar-refractivity contribution in [3.05, 3.63) is 27.0 Å². The lowest BCUT2D eigenvalue weighted by Crippen LogP contribution is -2.23. The van der Waals surface area contributed by atoms with Crippen molar-refractivity contribution in [2.75, 3.05) is 12.2 Å². The molecule has 0 saturated carbocycles. The standard InChI is InChI=1S/C10H6Cl3F3N2O2S/c1-21(19)3-20-18-8-6(13)4(11)2-5(12)7(8)17-9(18)10(14,15)16/h2H,3H2,1H3. The second-order valence-electron chi connectivity index (χ2n) is 3.90. The summed E-state index contributed by atoms with van der Waals surface area (Å²) in [6, 6.07) is 1.18. The van der Waals surface area contributed by atoms with Crippen LogP contribution in [0.3, 0.4) is 0 Å². The molecule has 21 heavy (non-hydrogen) atoms. The summed E-state index contributed by atoms with van der Waals surface area (Å²) in [5, 5.41) is -0.351. The molecule has 0 N–H and O–H groups in total. The van der Waals surface area contributed by atoms with Gasteiger partial charge in [-0.05, 0) is 6.07 Å². The molecule has 2 rings (SSSR count). The van der Waals surface area contributed by atoms with E-state index in [1.165, 1.54) is 12.3 Å². The molecule has 0 radical (unpaired) electrons. The topological polar surface area (TPSA) is 44.1 Å². The van der Waals surface area contributed by atoms with Gasteiger partial charge in [0.15, 0.2) is 5.94 Å². The highest BCUT2D eigenvalue weighted by Gasteiger charge is 2.40. The van der Waals surface area contributed by atoms with Gasteiger partial charge in [-0.2, -0.15) is 17.9 Å². The Morgan fingerprint density at radius 3 is 2.48 bits per heavy atom. The molecule has 116 valence electrons. The minimum atomic E-state index is -4.81. The highest BCUT2D eigenvalue weighted by Crippen LogP contribution is 2.39. The van der Waals surface area contributed by atoms with Crippen molar-refractivity contribution in [3.63, 3.8) is 0 Å². The molecular weight excluding hydrogens is 376 g/mol. The molecular formula is C10H6Cl3F3N2O2S. The average Bonchev–Trinajstić information content (AvgIpc) is 2.73. The van der Waals surface area contributed by atoms with Crippen molar-refractivity contribution in [1.29, 1.82) is 0 Å². The highest BCUT2D eigenvalue weighted by molar-refractivity contribution is 7.84. The van der Waals surface area contributed by atoms with Crippen molar-refractivity contribution < 1.29 is 22.2 Å². The van der Waals surface area contributed by atoms with E-state index in [9.17, 15) is 17.4 Å². The van der Waals surface area contributed by atoms with E-state index in [0.717, 1.165) is 0 Å². The Bertz CT molecular complexity index is 733. The monoisotopic (exact) mass is 380 g/mol. The summed E-state index contributed by atoms with van der Waals surface area (Å²) < 4.78 is 50.4. The van der Waals surface area contributed by atoms with Crippen LogP contribution in [0.25, 0.3) is 11.0 Å². The van der Waals surface area contributed by atoms with Gasteiger partial charge in [0.05, 0.1) is 25.9 Å². The van der Waals surface area contributed by atoms with Crippen LogP contribution in [0.15, 0.2) is 6.07 Å². The molecule has 0 aliphatic carbocycles. The summed E-state index contributed by atoms with van der Waals surface area (Å²) in [5.74, 6) is -1.84. The fraction of sp³-hybridized carbons (Fsp3) is 0.300. The van der Waals surface area contributed by atoms with Gasteiger partial charge in [0.25, 0.3) is 5.82 Å². The van der Waals surface area contributed by atoms with E-state index in [-0.39, 0.29) is 26.1 Å². The Morgan fingerprint density at radius 1 is 1.33 bits per heavy atom. The Balaban J connectivity index is 2.78. The number of alkyl halides is 3. The van der Waals surface area contributed by atoms with Crippen LogP contribution in [0, 0.1) is 0 Å². The van der Waals surface area contributed by atoms with E-state index in [0.29, 0.717) is 4.73 Å². The van der Waals surface area contributed by atoms with Crippen molar-refractivity contribution >= 4 is 56.6 Å². The van der Waals surface area contributed by atoms with Gasteiger partial charge in [-0.3, -0.25) is 4.21 Å². The zero-order valence-corrected chi connectivity index (χ0v) is 13.3. The fourth-order valence-electron chi connectivity index (χ4n) is 1.55. The largest absolute Gasteiger partial charge is 0.453 e.